The number of rotatable bonds is 5. The summed E-state index contributed by atoms with van der Waals surface area (Å²) in [6.07, 6.45) is 0. The minimum Gasteiger partial charge on any atom is -0.370 e. The molecular weight excluding hydrogens is 244 g/mol. The maximum Gasteiger partial charge on any atom is 0.230 e. The lowest BCUT2D eigenvalue weighted by Crippen LogP contribution is -2.34. The summed E-state index contributed by atoms with van der Waals surface area (Å²) in [4.78, 5) is 25.2. The summed E-state index contributed by atoms with van der Waals surface area (Å²) in [5, 5.41) is 12.2. The molecular formula is C8H16N6O2S. The molecule has 0 saturated carbocycles. The standard InChI is InChI=1S/C8H16N6O2S/c1-5(15)12-2-3-13-6(16)4-17-8(11)14-7(9)10/h2-4H2,1H3,(H,12,15)(H,13,16)(H5,9,10,11,14). The van der Waals surface area contributed by atoms with Crippen LogP contribution in [0, 0.1) is 5.41 Å². The van der Waals surface area contributed by atoms with E-state index in [0.29, 0.717) is 13.1 Å². The zero-order valence-electron chi connectivity index (χ0n) is 9.45. The van der Waals surface area contributed by atoms with Crippen LogP contribution in [0.3, 0.4) is 0 Å². The lowest BCUT2D eigenvalue weighted by atomic mass is 10.5. The average Bonchev–Trinajstić information content (AvgIpc) is 2.20. The van der Waals surface area contributed by atoms with Gasteiger partial charge in [-0.05, 0) is 0 Å². The first kappa shape index (κ1) is 15.2. The summed E-state index contributed by atoms with van der Waals surface area (Å²) in [7, 11) is 0. The molecule has 0 heterocycles. The van der Waals surface area contributed by atoms with Crippen molar-refractivity contribution < 1.29 is 9.59 Å². The largest absolute Gasteiger partial charge is 0.370 e. The molecule has 0 bridgehead atoms. The van der Waals surface area contributed by atoms with Crippen LogP contribution < -0.4 is 22.1 Å². The molecule has 8 nitrogen and oxygen atoms in total. The van der Waals surface area contributed by atoms with E-state index in [9.17, 15) is 9.59 Å². The zero-order chi connectivity index (χ0) is 13.3. The van der Waals surface area contributed by atoms with Gasteiger partial charge in [0.1, 0.15) is 0 Å². The van der Waals surface area contributed by atoms with E-state index in [-0.39, 0.29) is 28.7 Å². The van der Waals surface area contributed by atoms with Crippen LogP contribution in [-0.2, 0) is 9.59 Å². The second-order valence-corrected chi connectivity index (χ2v) is 3.93. The van der Waals surface area contributed by atoms with Crippen molar-refractivity contribution in [2.45, 2.75) is 6.92 Å². The first-order valence-corrected chi connectivity index (χ1v) is 5.72. The SMILES string of the molecule is CC(=O)NCCNC(=O)CSC(=N)N=C(N)N. The van der Waals surface area contributed by atoms with Crippen LogP contribution in [0.15, 0.2) is 4.99 Å². The molecule has 0 radical (unpaired) electrons. The summed E-state index contributed by atoms with van der Waals surface area (Å²) in [6, 6.07) is 0. The average molecular weight is 260 g/mol. The number of aliphatic imine (C=N–C) groups is 1. The fourth-order valence-electron chi connectivity index (χ4n) is 0.775. The number of nitrogens with one attached hydrogen (secondary N) is 3. The Kier molecular flexibility index (Phi) is 7.52. The van der Waals surface area contributed by atoms with Gasteiger partial charge in [0.2, 0.25) is 11.8 Å². The van der Waals surface area contributed by atoms with E-state index in [0.717, 1.165) is 11.8 Å². The van der Waals surface area contributed by atoms with Gasteiger partial charge in [0.15, 0.2) is 11.1 Å². The number of hydrogen-bond donors (Lipinski definition) is 5. The molecule has 0 aliphatic heterocycles. The molecule has 96 valence electrons. The molecule has 0 aromatic carbocycles. The fourth-order valence-corrected chi connectivity index (χ4v) is 1.31. The van der Waals surface area contributed by atoms with Gasteiger partial charge in [-0.15, -0.1) is 0 Å². The summed E-state index contributed by atoms with van der Waals surface area (Å²) < 4.78 is 0. The van der Waals surface area contributed by atoms with Crippen LogP contribution in [0.25, 0.3) is 0 Å². The van der Waals surface area contributed by atoms with Gasteiger partial charge in [-0.1, -0.05) is 11.8 Å². The molecule has 0 aliphatic rings. The zero-order valence-corrected chi connectivity index (χ0v) is 10.3. The molecule has 0 unspecified atom stereocenters. The van der Waals surface area contributed by atoms with Gasteiger partial charge in [0, 0.05) is 20.0 Å². The summed E-state index contributed by atoms with van der Waals surface area (Å²) in [5.41, 5.74) is 10.1. The molecule has 0 spiro atoms. The Balaban J connectivity index is 3.63. The molecule has 0 saturated heterocycles. The van der Waals surface area contributed by atoms with Crippen molar-refractivity contribution >= 4 is 34.7 Å². The molecule has 17 heavy (non-hydrogen) atoms. The molecule has 2 amide bonds. The highest BCUT2D eigenvalue weighted by molar-refractivity contribution is 8.14. The normalized spacial score (nSPS) is 9.24. The van der Waals surface area contributed by atoms with Gasteiger partial charge in [0.25, 0.3) is 0 Å². The number of carbonyl (C=O) groups is 2. The van der Waals surface area contributed by atoms with E-state index in [4.69, 9.17) is 16.9 Å². The maximum atomic E-state index is 11.2. The van der Waals surface area contributed by atoms with Gasteiger partial charge in [0.05, 0.1) is 5.75 Å². The number of carbonyl (C=O) groups excluding carboxylic acids is 2. The molecule has 7 N–H and O–H groups in total. The number of nitrogens with zero attached hydrogens (tertiary/aromatic N) is 1. The molecule has 0 aromatic heterocycles. The van der Waals surface area contributed by atoms with Crippen LogP contribution >= 0.6 is 11.8 Å². The van der Waals surface area contributed by atoms with Crippen molar-refractivity contribution in [3.8, 4) is 0 Å². The van der Waals surface area contributed by atoms with Crippen LogP contribution in [0.4, 0.5) is 0 Å². The number of amides is 2. The third-order valence-electron chi connectivity index (χ3n) is 1.39. The number of guanidine groups is 1. The Labute approximate surface area is 103 Å². The van der Waals surface area contributed by atoms with Crippen LogP contribution in [0.5, 0.6) is 0 Å². The first-order valence-electron chi connectivity index (χ1n) is 4.74. The van der Waals surface area contributed by atoms with Crippen molar-refractivity contribution in [1.82, 2.24) is 10.6 Å². The Morgan fingerprint density at radius 1 is 1.29 bits per heavy atom. The van der Waals surface area contributed by atoms with Gasteiger partial charge in [-0.25, -0.2) is 0 Å². The third kappa shape index (κ3) is 10.5. The number of amidine groups is 1. The van der Waals surface area contributed by atoms with Gasteiger partial charge in [-0.3, -0.25) is 15.0 Å². The monoisotopic (exact) mass is 260 g/mol. The smallest absolute Gasteiger partial charge is 0.230 e. The van der Waals surface area contributed by atoms with Crippen molar-refractivity contribution in [3.05, 3.63) is 0 Å². The van der Waals surface area contributed by atoms with Crippen LogP contribution in [0.2, 0.25) is 0 Å². The number of nitrogens with two attached hydrogens (primary N) is 2. The van der Waals surface area contributed by atoms with E-state index in [1.165, 1.54) is 6.92 Å². The van der Waals surface area contributed by atoms with E-state index in [2.05, 4.69) is 15.6 Å². The highest BCUT2D eigenvalue weighted by Gasteiger charge is 2.03. The maximum absolute atomic E-state index is 11.2. The van der Waals surface area contributed by atoms with Crippen molar-refractivity contribution in [2.75, 3.05) is 18.8 Å². The molecule has 0 atom stereocenters. The second kappa shape index (κ2) is 8.39. The topological polar surface area (TPSA) is 146 Å². The lowest BCUT2D eigenvalue weighted by molar-refractivity contribution is -0.120. The Bertz CT molecular complexity index is 326. The fraction of sp³-hybridized carbons (Fsp3) is 0.500. The van der Waals surface area contributed by atoms with E-state index in [1.54, 1.807) is 0 Å². The summed E-state index contributed by atoms with van der Waals surface area (Å²) >= 11 is 0.914. The number of hydrogen-bond acceptors (Lipinski definition) is 4. The van der Waals surface area contributed by atoms with E-state index < -0.39 is 0 Å². The lowest BCUT2D eigenvalue weighted by Gasteiger charge is -2.04. The molecule has 0 aromatic rings. The summed E-state index contributed by atoms with van der Waals surface area (Å²) in [5.74, 6) is -0.567. The van der Waals surface area contributed by atoms with Gasteiger partial charge < -0.3 is 22.1 Å². The highest BCUT2D eigenvalue weighted by Crippen LogP contribution is 2.02. The van der Waals surface area contributed by atoms with Gasteiger partial charge in [-0.2, -0.15) is 4.99 Å². The van der Waals surface area contributed by atoms with Crippen molar-refractivity contribution in [1.29, 1.82) is 5.41 Å². The van der Waals surface area contributed by atoms with Gasteiger partial charge >= 0.3 is 0 Å². The van der Waals surface area contributed by atoms with Crippen molar-refractivity contribution in [3.63, 3.8) is 0 Å². The minimum absolute atomic E-state index is 0.0513. The third-order valence-corrected chi connectivity index (χ3v) is 2.16. The predicted molar refractivity (Wildman–Crippen MR) is 67.7 cm³/mol. The summed E-state index contributed by atoms with van der Waals surface area (Å²) in [6.45, 7) is 2.11. The quantitative estimate of drug-likeness (QED) is 0.224. The Morgan fingerprint density at radius 2 is 1.88 bits per heavy atom. The first-order chi connectivity index (χ1) is 7.91. The van der Waals surface area contributed by atoms with Crippen LogP contribution in [0.1, 0.15) is 6.92 Å². The number of thioether (sulfide) groups is 1. The van der Waals surface area contributed by atoms with Crippen LogP contribution in [-0.4, -0.2) is 41.8 Å². The minimum atomic E-state index is -0.254. The highest BCUT2D eigenvalue weighted by atomic mass is 32.2. The Morgan fingerprint density at radius 3 is 2.41 bits per heavy atom. The molecule has 0 aliphatic carbocycles. The predicted octanol–water partition coefficient (Wildman–Crippen LogP) is -1.82. The molecule has 0 fully saturated rings. The second-order valence-electron chi connectivity index (χ2n) is 2.96. The molecule has 0 rings (SSSR count). The molecule has 9 heteroatoms. The Hall–Kier alpha value is -1.77. The van der Waals surface area contributed by atoms with Crippen molar-refractivity contribution in [2.24, 2.45) is 16.5 Å². The van der Waals surface area contributed by atoms with E-state index in [1.807, 2.05) is 0 Å². The van der Waals surface area contributed by atoms with E-state index >= 15 is 0 Å².